The second kappa shape index (κ2) is 7.02. The van der Waals surface area contributed by atoms with Crippen LogP contribution in [0.15, 0.2) is 41.6 Å². The molecule has 0 aliphatic carbocycles. The molecule has 0 spiro atoms. The Labute approximate surface area is 173 Å². The molecular formula is C23H24FN5O. The third kappa shape index (κ3) is 3.10. The van der Waals surface area contributed by atoms with Crippen LogP contribution in [0.1, 0.15) is 24.4 Å². The van der Waals surface area contributed by atoms with E-state index in [1.54, 1.807) is 21.6 Å². The summed E-state index contributed by atoms with van der Waals surface area (Å²) in [7, 11) is 3.96. The number of piperidine rings is 1. The Balaban J connectivity index is 1.61. The van der Waals surface area contributed by atoms with Gasteiger partial charge in [-0.05, 0) is 80.9 Å². The first-order valence-corrected chi connectivity index (χ1v) is 10.2. The molecule has 0 unspecified atom stereocenters. The number of halogens is 1. The Morgan fingerprint density at radius 2 is 1.80 bits per heavy atom. The van der Waals surface area contributed by atoms with Crippen LogP contribution in [-0.2, 0) is 7.05 Å². The molecule has 0 radical (unpaired) electrons. The molecule has 1 saturated heterocycles. The lowest BCUT2D eigenvalue weighted by atomic mass is 9.99. The van der Waals surface area contributed by atoms with Gasteiger partial charge in [-0.25, -0.2) is 9.37 Å². The van der Waals surface area contributed by atoms with Crippen LogP contribution >= 0.6 is 0 Å². The van der Waals surface area contributed by atoms with Gasteiger partial charge >= 0.3 is 0 Å². The number of hydrogen-bond donors (Lipinski definition) is 0. The molecule has 0 amide bonds. The normalized spacial score (nSPS) is 16.0. The van der Waals surface area contributed by atoms with Gasteiger partial charge in [0.1, 0.15) is 11.2 Å². The fraction of sp³-hybridized carbons (Fsp3) is 0.348. The van der Waals surface area contributed by atoms with E-state index in [1.807, 2.05) is 32.3 Å². The molecule has 6 nitrogen and oxygen atoms in total. The Hall–Kier alpha value is -3.06. The van der Waals surface area contributed by atoms with Gasteiger partial charge in [-0.1, -0.05) is 0 Å². The van der Waals surface area contributed by atoms with Crippen molar-refractivity contribution < 1.29 is 4.39 Å². The van der Waals surface area contributed by atoms with Crippen LogP contribution in [0.5, 0.6) is 0 Å². The van der Waals surface area contributed by atoms with E-state index in [2.05, 4.69) is 22.0 Å². The largest absolute Gasteiger partial charge is 0.306 e. The van der Waals surface area contributed by atoms with Crippen molar-refractivity contribution in [2.45, 2.75) is 25.8 Å². The maximum atomic E-state index is 15.1. The Kier molecular flexibility index (Phi) is 4.43. The molecule has 1 aliphatic rings. The first kappa shape index (κ1) is 18.9. The van der Waals surface area contributed by atoms with Crippen LogP contribution in [0.4, 0.5) is 4.39 Å². The Morgan fingerprint density at radius 3 is 2.57 bits per heavy atom. The molecule has 154 valence electrons. The van der Waals surface area contributed by atoms with E-state index >= 15 is 4.39 Å². The highest BCUT2D eigenvalue weighted by atomic mass is 19.1. The van der Waals surface area contributed by atoms with Gasteiger partial charge in [0.05, 0.1) is 17.4 Å². The summed E-state index contributed by atoms with van der Waals surface area (Å²) < 4.78 is 18.5. The van der Waals surface area contributed by atoms with Crippen molar-refractivity contribution in [3.05, 3.63) is 58.5 Å². The van der Waals surface area contributed by atoms with E-state index in [4.69, 9.17) is 0 Å². The Morgan fingerprint density at radius 1 is 1.07 bits per heavy atom. The molecule has 2 aromatic heterocycles. The lowest BCUT2D eigenvalue weighted by molar-refractivity contribution is 0.218. The first-order chi connectivity index (χ1) is 14.4. The number of likely N-dealkylation sites (tertiary alicyclic amines) is 1. The zero-order valence-electron chi connectivity index (χ0n) is 17.4. The predicted octanol–water partition coefficient (Wildman–Crippen LogP) is 3.66. The highest BCUT2D eigenvalue weighted by Crippen LogP contribution is 2.30. The summed E-state index contributed by atoms with van der Waals surface area (Å²) >= 11 is 0. The molecule has 2 aromatic carbocycles. The maximum Gasteiger partial charge on any atom is 0.264 e. The van der Waals surface area contributed by atoms with Crippen molar-refractivity contribution in [3.63, 3.8) is 0 Å². The first-order valence-electron chi connectivity index (χ1n) is 10.2. The summed E-state index contributed by atoms with van der Waals surface area (Å²) in [6, 6.07) is 7.31. The van der Waals surface area contributed by atoms with Gasteiger partial charge < -0.3 is 4.90 Å². The van der Waals surface area contributed by atoms with Gasteiger partial charge in [0, 0.05) is 24.7 Å². The van der Waals surface area contributed by atoms with E-state index in [-0.39, 0.29) is 17.0 Å². The standard InChI is InChI=1S/C23H24FN5O/c1-14-8-15(9-17-12-28(3)26-22(14)17)16-10-19(24)21-20(11-16)25-13-29(23(21)30)18-4-6-27(2)7-5-18/h8-13,18H,4-7H2,1-3H3. The molecule has 1 aliphatic heterocycles. The van der Waals surface area contributed by atoms with Crippen LogP contribution in [0.25, 0.3) is 32.9 Å². The fourth-order valence-electron chi connectivity index (χ4n) is 4.51. The zero-order valence-corrected chi connectivity index (χ0v) is 17.4. The third-order valence-corrected chi connectivity index (χ3v) is 6.17. The second-order valence-electron chi connectivity index (χ2n) is 8.38. The van der Waals surface area contributed by atoms with Crippen molar-refractivity contribution in [1.82, 2.24) is 24.2 Å². The molecule has 0 bridgehead atoms. The molecule has 0 N–H and O–H groups in total. The lowest BCUT2D eigenvalue weighted by Gasteiger charge is -2.30. The third-order valence-electron chi connectivity index (χ3n) is 6.17. The van der Waals surface area contributed by atoms with Crippen LogP contribution in [0.3, 0.4) is 0 Å². The van der Waals surface area contributed by atoms with E-state index < -0.39 is 5.82 Å². The average Bonchev–Trinajstić information content (AvgIpc) is 3.09. The molecule has 1 fully saturated rings. The van der Waals surface area contributed by atoms with Crippen LogP contribution in [0.2, 0.25) is 0 Å². The topological polar surface area (TPSA) is 56.0 Å². The van der Waals surface area contributed by atoms with Gasteiger partial charge in [0.15, 0.2) is 0 Å². The minimum Gasteiger partial charge on any atom is -0.306 e. The number of nitrogens with zero attached hydrogens (tertiary/aromatic N) is 5. The quantitative estimate of drug-likeness (QED) is 0.511. The van der Waals surface area contributed by atoms with Crippen LogP contribution in [0, 0.1) is 12.7 Å². The summed E-state index contributed by atoms with van der Waals surface area (Å²) in [4.78, 5) is 19.8. The molecule has 0 atom stereocenters. The molecule has 5 rings (SSSR count). The summed E-state index contributed by atoms with van der Waals surface area (Å²) in [5.41, 5.74) is 3.64. The van der Waals surface area contributed by atoms with Gasteiger partial charge in [-0.2, -0.15) is 5.10 Å². The highest BCUT2D eigenvalue weighted by molar-refractivity contribution is 5.90. The maximum absolute atomic E-state index is 15.1. The SMILES string of the molecule is Cc1cc(-c2cc(F)c3c(=O)n(C4CCN(C)CC4)cnc3c2)cc2cn(C)nc12. The van der Waals surface area contributed by atoms with Crippen LogP contribution in [-0.4, -0.2) is 44.4 Å². The minimum absolute atomic E-state index is 0.0688. The average molecular weight is 405 g/mol. The zero-order chi connectivity index (χ0) is 21.0. The van der Waals surface area contributed by atoms with Gasteiger partial charge in [-0.15, -0.1) is 0 Å². The van der Waals surface area contributed by atoms with Gasteiger partial charge in [0.25, 0.3) is 5.56 Å². The van der Waals surface area contributed by atoms with E-state index in [9.17, 15) is 4.79 Å². The number of fused-ring (bicyclic) bond motifs is 2. The molecule has 4 aromatic rings. The number of aromatic nitrogens is 4. The van der Waals surface area contributed by atoms with Gasteiger partial charge in [0.2, 0.25) is 0 Å². The number of rotatable bonds is 2. The molecule has 30 heavy (non-hydrogen) atoms. The summed E-state index contributed by atoms with van der Waals surface area (Å²) in [6.07, 6.45) is 5.27. The Bertz CT molecular complexity index is 1330. The van der Waals surface area contributed by atoms with Crippen LogP contribution < -0.4 is 5.56 Å². The summed E-state index contributed by atoms with van der Waals surface area (Å²) in [6.45, 7) is 3.84. The van der Waals surface area contributed by atoms with E-state index in [0.717, 1.165) is 48.0 Å². The lowest BCUT2D eigenvalue weighted by Crippen LogP contribution is -2.35. The summed E-state index contributed by atoms with van der Waals surface area (Å²) in [5, 5.41) is 5.54. The van der Waals surface area contributed by atoms with Crippen molar-refractivity contribution in [1.29, 1.82) is 0 Å². The van der Waals surface area contributed by atoms with E-state index in [1.165, 1.54) is 6.07 Å². The van der Waals surface area contributed by atoms with Gasteiger partial charge in [-0.3, -0.25) is 14.0 Å². The number of benzene rings is 2. The van der Waals surface area contributed by atoms with Crippen molar-refractivity contribution in [2.75, 3.05) is 20.1 Å². The van der Waals surface area contributed by atoms with Crippen molar-refractivity contribution in [3.8, 4) is 11.1 Å². The second-order valence-corrected chi connectivity index (χ2v) is 8.38. The smallest absolute Gasteiger partial charge is 0.264 e. The molecule has 0 saturated carbocycles. The predicted molar refractivity (Wildman–Crippen MR) is 116 cm³/mol. The number of hydrogen-bond acceptors (Lipinski definition) is 4. The molecule has 7 heteroatoms. The fourth-order valence-corrected chi connectivity index (χ4v) is 4.51. The monoisotopic (exact) mass is 405 g/mol. The molecule has 3 heterocycles. The van der Waals surface area contributed by atoms with Crippen molar-refractivity contribution in [2.24, 2.45) is 7.05 Å². The van der Waals surface area contributed by atoms with E-state index in [0.29, 0.717) is 11.1 Å². The number of aryl methyl sites for hydroxylation is 2. The summed E-state index contributed by atoms with van der Waals surface area (Å²) in [5.74, 6) is -0.522. The highest BCUT2D eigenvalue weighted by Gasteiger charge is 2.21. The van der Waals surface area contributed by atoms with Crippen molar-refractivity contribution >= 4 is 21.8 Å². The minimum atomic E-state index is -0.522. The molecular weight excluding hydrogens is 381 g/mol.